The molecular formula is C16H15N5O4. The standard InChI is InChI=1S/C16H15N5O4/c22-12-3-1-11(2-4-12)19-7-9-20(10-8-19)13-5-6-14(21(23)24)16-15(13)17-25-18-16/h1-6,22H,7-10H2. The van der Waals surface area contributed by atoms with Crippen molar-refractivity contribution in [3.05, 3.63) is 46.5 Å². The van der Waals surface area contributed by atoms with Crippen molar-refractivity contribution in [1.29, 1.82) is 0 Å². The molecule has 2 heterocycles. The highest BCUT2D eigenvalue weighted by Crippen LogP contribution is 2.32. The minimum Gasteiger partial charge on any atom is -0.508 e. The lowest BCUT2D eigenvalue weighted by molar-refractivity contribution is -0.383. The predicted octanol–water partition coefficient (Wildman–Crippen LogP) is 2.16. The van der Waals surface area contributed by atoms with Gasteiger partial charge >= 0.3 is 5.69 Å². The third-order valence-electron chi connectivity index (χ3n) is 4.40. The van der Waals surface area contributed by atoms with Gasteiger partial charge < -0.3 is 14.9 Å². The zero-order valence-corrected chi connectivity index (χ0v) is 13.2. The van der Waals surface area contributed by atoms with Crippen LogP contribution in [0.25, 0.3) is 11.0 Å². The van der Waals surface area contributed by atoms with Crippen molar-refractivity contribution in [2.45, 2.75) is 0 Å². The molecule has 1 aromatic heterocycles. The zero-order chi connectivity index (χ0) is 17.4. The van der Waals surface area contributed by atoms with E-state index in [1.807, 2.05) is 12.1 Å². The zero-order valence-electron chi connectivity index (χ0n) is 13.2. The Morgan fingerprint density at radius 2 is 1.60 bits per heavy atom. The molecule has 4 rings (SSSR count). The van der Waals surface area contributed by atoms with Crippen molar-refractivity contribution in [3.8, 4) is 5.75 Å². The van der Waals surface area contributed by atoms with Gasteiger partial charge in [-0.25, -0.2) is 4.63 Å². The molecule has 1 aliphatic heterocycles. The third-order valence-corrected chi connectivity index (χ3v) is 4.40. The molecule has 25 heavy (non-hydrogen) atoms. The summed E-state index contributed by atoms with van der Waals surface area (Å²) in [7, 11) is 0. The highest BCUT2D eigenvalue weighted by atomic mass is 16.6. The normalized spacial score (nSPS) is 14.9. The Labute approximate surface area is 142 Å². The Morgan fingerprint density at radius 1 is 0.960 bits per heavy atom. The van der Waals surface area contributed by atoms with Gasteiger partial charge in [0.2, 0.25) is 5.52 Å². The van der Waals surface area contributed by atoms with Crippen LogP contribution in [-0.4, -0.2) is 46.5 Å². The van der Waals surface area contributed by atoms with E-state index in [2.05, 4.69) is 20.1 Å². The van der Waals surface area contributed by atoms with Crippen LogP contribution >= 0.6 is 0 Å². The SMILES string of the molecule is O=[N+]([O-])c1ccc(N2CCN(c3ccc(O)cc3)CC2)c2nonc12. The number of rotatable bonds is 3. The molecule has 0 atom stereocenters. The number of benzene rings is 2. The van der Waals surface area contributed by atoms with Crippen LogP contribution in [0.4, 0.5) is 17.1 Å². The second-order valence-corrected chi connectivity index (χ2v) is 5.81. The van der Waals surface area contributed by atoms with E-state index in [4.69, 9.17) is 4.63 Å². The van der Waals surface area contributed by atoms with Crippen molar-refractivity contribution in [3.63, 3.8) is 0 Å². The van der Waals surface area contributed by atoms with Crippen LogP contribution in [0.3, 0.4) is 0 Å². The van der Waals surface area contributed by atoms with Gasteiger partial charge in [0.25, 0.3) is 0 Å². The fourth-order valence-electron chi connectivity index (χ4n) is 3.11. The van der Waals surface area contributed by atoms with Crippen LogP contribution < -0.4 is 9.80 Å². The number of anilines is 2. The molecule has 0 unspecified atom stereocenters. The molecule has 1 N–H and O–H groups in total. The number of phenols is 1. The maximum absolute atomic E-state index is 11.1. The van der Waals surface area contributed by atoms with Gasteiger partial charge in [0.15, 0.2) is 5.52 Å². The van der Waals surface area contributed by atoms with Gasteiger partial charge in [-0.15, -0.1) is 0 Å². The molecule has 2 aromatic carbocycles. The van der Waals surface area contributed by atoms with Gasteiger partial charge in [-0.1, -0.05) is 0 Å². The van der Waals surface area contributed by atoms with E-state index in [1.54, 1.807) is 18.2 Å². The molecule has 1 aliphatic rings. The number of piperazine rings is 1. The number of nitrogens with zero attached hydrogens (tertiary/aromatic N) is 5. The van der Waals surface area contributed by atoms with Gasteiger partial charge in [-0.05, 0) is 40.6 Å². The van der Waals surface area contributed by atoms with Gasteiger partial charge in [0.1, 0.15) is 5.75 Å². The first kappa shape index (κ1) is 15.2. The van der Waals surface area contributed by atoms with Crippen molar-refractivity contribution in [2.24, 2.45) is 0 Å². The van der Waals surface area contributed by atoms with Crippen molar-refractivity contribution in [2.75, 3.05) is 36.0 Å². The number of aromatic nitrogens is 2. The monoisotopic (exact) mass is 341 g/mol. The molecule has 0 radical (unpaired) electrons. The van der Waals surface area contributed by atoms with Crippen molar-refractivity contribution >= 4 is 28.1 Å². The summed E-state index contributed by atoms with van der Waals surface area (Å²) in [4.78, 5) is 14.9. The summed E-state index contributed by atoms with van der Waals surface area (Å²) in [5.74, 6) is 0.245. The van der Waals surface area contributed by atoms with Gasteiger partial charge in [-0.3, -0.25) is 10.1 Å². The van der Waals surface area contributed by atoms with E-state index >= 15 is 0 Å². The lowest BCUT2D eigenvalue weighted by atomic mass is 10.2. The van der Waals surface area contributed by atoms with E-state index < -0.39 is 4.92 Å². The first-order chi connectivity index (χ1) is 12.1. The molecule has 0 aliphatic carbocycles. The number of nitro groups is 1. The summed E-state index contributed by atoms with van der Waals surface area (Å²) in [6.07, 6.45) is 0. The average molecular weight is 341 g/mol. The molecule has 0 amide bonds. The predicted molar refractivity (Wildman–Crippen MR) is 91.0 cm³/mol. The molecule has 0 spiro atoms. The number of hydrogen-bond donors (Lipinski definition) is 1. The highest BCUT2D eigenvalue weighted by Gasteiger charge is 2.25. The molecular weight excluding hydrogens is 326 g/mol. The molecule has 9 heteroatoms. The van der Waals surface area contributed by atoms with Gasteiger partial charge in [0.05, 0.1) is 10.6 Å². The van der Waals surface area contributed by atoms with Crippen molar-refractivity contribution < 1.29 is 14.7 Å². The molecule has 0 saturated carbocycles. The Morgan fingerprint density at radius 3 is 2.28 bits per heavy atom. The number of fused-ring (bicyclic) bond motifs is 1. The molecule has 0 bridgehead atoms. The third kappa shape index (κ3) is 2.69. The summed E-state index contributed by atoms with van der Waals surface area (Å²) < 4.78 is 4.72. The van der Waals surface area contributed by atoms with Crippen molar-refractivity contribution in [1.82, 2.24) is 10.3 Å². The Bertz CT molecular complexity index is 916. The second-order valence-electron chi connectivity index (χ2n) is 5.81. The summed E-state index contributed by atoms with van der Waals surface area (Å²) >= 11 is 0. The number of nitro benzene ring substituents is 1. The maximum atomic E-state index is 11.1. The van der Waals surface area contributed by atoms with Crippen LogP contribution in [0, 0.1) is 10.1 Å². The Kier molecular flexibility index (Phi) is 3.60. The van der Waals surface area contributed by atoms with E-state index in [0.717, 1.165) is 37.6 Å². The summed E-state index contributed by atoms with van der Waals surface area (Å²) in [5, 5.41) is 28.0. The second kappa shape index (κ2) is 5.93. The number of non-ortho nitro benzene ring substituents is 1. The van der Waals surface area contributed by atoms with Crippen LogP contribution in [0.2, 0.25) is 0 Å². The largest absolute Gasteiger partial charge is 0.508 e. The maximum Gasteiger partial charge on any atom is 0.300 e. The van der Waals surface area contributed by atoms with E-state index in [1.165, 1.54) is 6.07 Å². The summed E-state index contributed by atoms with van der Waals surface area (Å²) in [6.45, 7) is 3.05. The first-order valence-electron chi connectivity index (χ1n) is 7.82. The minimum absolute atomic E-state index is 0.109. The average Bonchev–Trinajstić information content (AvgIpc) is 3.11. The summed E-state index contributed by atoms with van der Waals surface area (Å²) in [5.41, 5.74) is 2.31. The number of phenolic OH excluding ortho intramolecular Hbond substituents is 1. The van der Waals surface area contributed by atoms with Crippen LogP contribution in [0.15, 0.2) is 41.0 Å². The topological polar surface area (TPSA) is 109 Å². The molecule has 3 aromatic rings. The number of aromatic hydroxyl groups is 1. The minimum atomic E-state index is -0.487. The molecule has 1 fully saturated rings. The van der Waals surface area contributed by atoms with E-state index in [0.29, 0.717) is 5.52 Å². The summed E-state index contributed by atoms with van der Waals surface area (Å²) in [6, 6.07) is 10.2. The number of hydrogen-bond acceptors (Lipinski definition) is 8. The smallest absolute Gasteiger partial charge is 0.300 e. The van der Waals surface area contributed by atoms with E-state index in [9.17, 15) is 15.2 Å². The fourth-order valence-corrected chi connectivity index (χ4v) is 3.11. The first-order valence-corrected chi connectivity index (χ1v) is 7.82. The molecule has 128 valence electrons. The van der Waals surface area contributed by atoms with E-state index in [-0.39, 0.29) is 17.0 Å². The van der Waals surface area contributed by atoms with Crippen LogP contribution in [0.5, 0.6) is 5.75 Å². The quantitative estimate of drug-likeness (QED) is 0.570. The van der Waals surface area contributed by atoms with Gasteiger partial charge in [0, 0.05) is 37.9 Å². The van der Waals surface area contributed by atoms with Gasteiger partial charge in [-0.2, -0.15) is 0 Å². The van der Waals surface area contributed by atoms with Crippen LogP contribution in [0.1, 0.15) is 0 Å². The lowest BCUT2D eigenvalue weighted by Crippen LogP contribution is -2.46. The highest BCUT2D eigenvalue weighted by molar-refractivity contribution is 5.93. The molecule has 1 saturated heterocycles. The molecule has 9 nitrogen and oxygen atoms in total. The lowest BCUT2D eigenvalue weighted by Gasteiger charge is -2.37. The Hall–Kier alpha value is -3.36. The Balaban J connectivity index is 1.56. The van der Waals surface area contributed by atoms with Crippen LogP contribution in [-0.2, 0) is 0 Å². The fraction of sp³-hybridized carbons (Fsp3) is 0.250.